The molecule has 0 saturated heterocycles. The first-order valence-electron chi connectivity index (χ1n) is 7.20. The van der Waals surface area contributed by atoms with Crippen LogP contribution in [0.25, 0.3) is 0 Å². The van der Waals surface area contributed by atoms with Crippen molar-refractivity contribution >= 4 is 11.8 Å². The third-order valence-electron chi connectivity index (χ3n) is 2.92. The highest BCUT2D eigenvalue weighted by Gasteiger charge is 2.21. The first-order chi connectivity index (χ1) is 8.62. The summed E-state index contributed by atoms with van der Waals surface area (Å²) in [6.45, 7) is 11.9. The largest absolute Gasteiger partial charge is 0.352 e. The maximum Gasteiger partial charge on any atom is 0.239 e. The lowest BCUT2D eigenvalue weighted by molar-refractivity contribution is -0.131. The van der Waals surface area contributed by atoms with Crippen LogP contribution in [0.5, 0.6) is 0 Å². The number of hydrogen-bond acceptors (Lipinski definition) is 2. The second-order valence-corrected chi connectivity index (χ2v) is 6.73. The molecule has 0 aromatic carbocycles. The quantitative estimate of drug-likeness (QED) is 0.746. The molecule has 0 heterocycles. The Labute approximate surface area is 117 Å². The first kappa shape index (κ1) is 17.9. The average Bonchev–Trinajstić information content (AvgIpc) is 2.23. The van der Waals surface area contributed by atoms with E-state index >= 15 is 0 Å². The molecule has 4 nitrogen and oxygen atoms in total. The lowest BCUT2D eigenvalue weighted by Gasteiger charge is -2.18. The SMILES string of the molecule is CC(C)CCCC(C)NC(=O)CNC(=O)C(C)(C)C. The Morgan fingerprint density at radius 3 is 2.11 bits per heavy atom. The van der Waals surface area contributed by atoms with Crippen LogP contribution < -0.4 is 10.6 Å². The summed E-state index contributed by atoms with van der Waals surface area (Å²) in [6, 6.07) is 0.165. The molecule has 0 bridgehead atoms. The number of nitrogens with one attached hydrogen (secondary N) is 2. The number of rotatable bonds is 7. The summed E-state index contributed by atoms with van der Waals surface area (Å²) >= 11 is 0. The molecule has 0 aromatic heterocycles. The Morgan fingerprint density at radius 2 is 1.63 bits per heavy atom. The van der Waals surface area contributed by atoms with Crippen LogP contribution in [0.1, 0.15) is 60.8 Å². The number of carbonyl (C=O) groups is 2. The molecule has 112 valence electrons. The Balaban J connectivity index is 3.83. The Kier molecular flexibility index (Phi) is 7.72. The lowest BCUT2D eigenvalue weighted by atomic mass is 9.96. The van der Waals surface area contributed by atoms with Crippen LogP contribution >= 0.6 is 0 Å². The topological polar surface area (TPSA) is 58.2 Å². The van der Waals surface area contributed by atoms with Gasteiger partial charge in [-0.2, -0.15) is 0 Å². The highest BCUT2D eigenvalue weighted by molar-refractivity contribution is 5.87. The highest BCUT2D eigenvalue weighted by Crippen LogP contribution is 2.12. The highest BCUT2D eigenvalue weighted by atomic mass is 16.2. The first-order valence-corrected chi connectivity index (χ1v) is 7.20. The second kappa shape index (κ2) is 8.18. The molecule has 0 spiro atoms. The van der Waals surface area contributed by atoms with Crippen LogP contribution in [-0.4, -0.2) is 24.4 Å². The predicted octanol–water partition coefficient (Wildman–Crippen LogP) is 2.48. The number of hydrogen-bond donors (Lipinski definition) is 2. The van der Waals surface area contributed by atoms with Crippen molar-refractivity contribution in [1.82, 2.24) is 10.6 Å². The molecule has 0 aliphatic heterocycles. The van der Waals surface area contributed by atoms with Gasteiger partial charge < -0.3 is 10.6 Å². The van der Waals surface area contributed by atoms with Crippen molar-refractivity contribution in [2.75, 3.05) is 6.54 Å². The smallest absolute Gasteiger partial charge is 0.239 e. The van der Waals surface area contributed by atoms with Gasteiger partial charge in [0.15, 0.2) is 0 Å². The summed E-state index contributed by atoms with van der Waals surface area (Å²) in [5, 5.41) is 5.56. The summed E-state index contributed by atoms with van der Waals surface area (Å²) < 4.78 is 0. The Bertz CT molecular complexity index is 293. The summed E-state index contributed by atoms with van der Waals surface area (Å²) in [6.07, 6.45) is 3.28. The fraction of sp³-hybridized carbons (Fsp3) is 0.867. The molecule has 0 aliphatic carbocycles. The zero-order valence-corrected chi connectivity index (χ0v) is 13.3. The molecule has 19 heavy (non-hydrogen) atoms. The summed E-state index contributed by atoms with van der Waals surface area (Å²) in [5.74, 6) is 0.485. The molecule has 0 fully saturated rings. The third kappa shape index (κ3) is 9.51. The maximum absolute atomic E-state index is 11.7. The van der Waals surface area contributed by atoms with Crippen molar-refractivity contribution in [1.29, 1.82) is 0 Å². The van der Waals surface area contributed by atoms with Crippen LogP contribution in [0.3, 0.4) is 0 Å². The van der Waals surface area contributed by atoms with Gasteiger partial charge in [-0.3, -0.25) is 9.59 Å². The van der Waals surface area contributed by atoms with Crippen molar-refractivity contribution < 1.29 is 9.59 Å². The number of carbonyl (C=O) groups excluding carboxylic acids is 2. The Hall–Kier alpha value is -1.06. The van der Waals surface area contributed by atoms with Crippen molar-refractivity contribution in [2.45, 2.75) is 66.8 Å². The molecule has 2 amide bonds. The van der Waals surface area contributed by atoms with E-state index in [0.29, 0.717) is 5.92 Å². The molecule has 2 N–H and O–H groups in total. The molecule has 0 aliphatic rings. The molecular weight excluding hydrogens is 240 g/mol. The van der Waals surface area contributed by atoms with Gasteiger partial charge in [0, 0.05) is 11.5 Å². The van der Waals surface area contributed by atoms with Gasteiger partial charge in [-0.15, -0.1) is 0 Å². The average molecular weight is 270 g/mol. The van der Waals surface area contributed by atoms with Crippen molar-refractivity contribution in [3.8, 4) is 0 Å². The minimum atomic E-state index is -0.455. The van der Waals surface area contributed by atoms with Crippen molar-refractivity contribution in [3.63, 3.8) is 0 Å². The lowest BCUT2D eigenvalue weighted by Crippen LogP contribution is -2.44. The van der Waals surface area contributed by atoms with E-state index < -0.39 is 5.41 Å². The minimum Gasteiger partial charge on any atom is -0.352 e. The molecule has 1 atom stereocenters. The van der Waals surface area contributed by atoms with Gasteiger partial charge in [-0.05, 0) is 19.3 Å². The summed E-state index contributed by atoms with van der Waals surface area (Å²) in [4.78, 5) is 23.3. The van der Waals surface area contributed by atoms with Gasteiger partial charge in [-0.1, -0.05) is 47.5 Å². The standard InChI is InChI=1S/C15H30N2O2/c1-11(2)8-7-9-12(3)17-13(18)10-16-14(19)15(4,5)6/h11-12H,7-10H2,1-6H3,(H,16,19)(H,17,18). The zero-order valence-electron chi connectivity index (χ0n) is 13.3. The van der Waals surface area contributed by atoms with E-state index in [-0.39, 0.29) is 24.4 Å². The predicted molar refractivity (Wildman–Crippen MR) is 78.8 cm³/mol. The second-order valence-electron chi connectivity index (χ2n) is 6.73. The van der Waals surface area contributed by atoms with Gasteiger partial charge in [-0.25, -0.2) is 0 Å². The van der Waals surface area contributed by atoms with E-state index in [1.54, 1.807) is 0 Å². The van der Waals surface area contributed by atoms with Gasteiger partial charge in [0.2, 0.25) is 11.8 Å². The van der Waals surface area contributed by atoms with Gasteiger partial charge in [0.05, 0.1) is 6.54 Å². The minimum absolute atomic E-state index is 0.0601. The van der Waals surface area contributed by atoms with Crippen molar-refractivity contribution in [2.24, 2.45) is 11.3 Å². The molecule has 0 rings (SSSR count). The van der Waals surface area contributed by atoms with Gasteiger partial charge in [0.25, 0.3) is 0 Å². The fourth-order valence-electron chi connectivity index (χ4n) is 1.66. The molecule has 0 saturated carbocycles. The molecule has 4 heteroatoms. The van der Waals surface area contributed by atoms with Crippen LogP contribution in [0.2, 0.25) is 0 Å². The zero-order chi connectivity index (χ0) is 15.1. The monoisotopic (exact) mass is 270 g/mol. The van der Waals surface area contributed by atoms with E-state index in [1.807, 2.05) is 27.7 Å². The molecule has 0 aromatic rings. The van der Waals surface area contributed by atoms with E-state index in [2.05, 4.69) is 24.5 Å². The van der Waals surface area contributed by atoms with E-state index in [0.717, 1.165) is 12.8 Å². The number of amides is 2. The third-order valence-corrected chi connectivity index (χ3v) is 2.92. The van der Waals surface area contributed by atoms with E-state index in [1.165, 1.54) is 6.42 Å². The Morgan fingerprint density at radius 1 is 1.05 bits per heavy atom. The normalized spacial score (nSPS) is 13.2. The van der Waals surface area contributed by atoms with Crippen LogP contribution in [0, 0.1) is 11.3 Å². The van der Waals surface area contributed by atoms with E-state index in [9.17, 15) is 9.59 Å². The summed E-state index contributed by atoms with van der Waals surface area (Å²) in [5.41, 5.74) is -0.455. The van der Waals surface area contributed by atoms with Gasteiger partial charge >= 0.3 is 0 Å². The fourth-order valence-corrected chi connectivity index (χ4v) is 1.66. The van der Waals surface area contributed by atoms with Crippen LogP contribution in [-0.2, 0) is 9.59 Å². The van der Waals surface area contributed by atoms with E-state index in [4.69, 9.17) is 0 Å². The maximum atomic E-state index is 11.7. The molecular formula is C15H30N2O2. The van der Waals surface area contributed by atoms with Crippen LogP contribution in [0.15, 0.2) is 0 Å². The molecule has 1 unspecified atom stereocenters. The van der Waals surface area contributed by atoms with Crippen LogP contribution in [0.4, 0.5) is 0 Å². The van der Waals surface area contributed by atoms with Crippen molar-refractivity contribution in [3.05, 3.63) is 0 Å². The molecule has 0 radical (unpaired) electrons. The summed E-state index contributed by atoms with van der Waals surface area (Å²) in [7, 11) is 0. The van der Waals surface area contributed by atoms with Gasteiger partial charge in [0.1, 0.15) is 0 Å².